The van der Waals surface area contributed by atoms with Crippen LogP contribution in [-0.4, -0.2) is 50.9 Å². The number of likely N-dealkylation sites (N-methyl/N-ethyl adjacent to an activating group) is 1. The van der Waals surface area contributed by atoms with Gasteiger partial charge in [0, 0.05) is 12.7 Å². The number of carbonyl (C=O) groups is 2. The molecule has 0 saturated carbocycles. The Bertz CT molecular complexity index is 1120. The number of rotatable bonds is 7. The summed E-state index contributed by atoms with van der Waals surface area (Å²) in [4.78, 5) is 25.6. The first-order valence-electron chi connectivity index (χ1n) is 8.84. The zero-order valence-electron chi connectivity index (χ0n) is 16.4. The molecule has 0 bridgehead atoms. The van der Waals surface area contributed by atoms with E-state index < -0.39 is 28.6 Å². The number of carbonyl (C=O) groups excluding carboxylic acids is 2. The summed E-state index contributed by atoms with van der Waals surface area (Å²) >= 11 is 6.56. The van der Waals surface area contributed by atoms with E-state index in [1.165, 1.54) is 24.1 Å². The average Bonchev–Trinajstić information content (AvgIpc) is 3.36. The van der Waals surface area contributed by atoms with Crippen LogP contribution < -0.4 is 11.2 Å². The van der Waals surface area contributed by atoms with Gasteiger partial charge in [0.25, 0.3) is 0 Å². The maximum Gasteiger partial charge on any atom is 0.417 e. The molecule has 0 saturated heterocycles. The number of furan rings is 1. The maximum absolute atomic E-state index is 12.9. The molecule has 0 aliphatic carbocycles. The summed E-state index contributed by atoms with van der Waals surface area (Å²) < 4.78 is 45.2. The Morgan fingerprint density at radius 3 is 2.72 bits per heavy atom. The quantitative estimate of drug-likeness (QED) is 0.387. The molecule has 9 nitrogen and oxygen atoms in total. The van der Waals surface area contributed by atoms with Crippen molar-refractivity contribution in [2.24, 2.45) is 0 Å². The number of alkyl halides is 3. The highest BCUT2D eigenvalue weighted by Gasteiger charge is 2.33. The number of hydrogen-bond donors (Lipinski definition) is 2. The zero-order valence-corrected chi connectivity index (χ0v) is 18.0. The second kappa shape index (κ2) is 9.53. The first-order chi connectivity index (χ1) is 15.1. The Morgan fingerprint density at radius 1 is 1.31 bits per heavy atom. The first-order valence-corrected chi connectivity index (χ1v) is 10.2. The predicted molar refractivity (Wildman–Crippen MR) is 111 cm³/mol. The summed E-state index contributed by atoms with van der Waals surface area (Å²) in [7, 11) is 1.38. The number of nitrogen functional groups attached to an aromatic ring is 1. The van der Waals surface area contributed by atoms with Gasteiger partial charge in [0.05, 0.1) is 29.1 Å². The van der Waals surface area contributed by atoms with Crippen molar-refractivity contribution >= 4 is 40.9 Å². The fourth-order valence-corrected chi connectivity index (χ4v) is 3.53. The molecular weight excluding hydrogens is 473 g/mol. The number of anilines is 1. The molecule has 0 atom stereocenters. The van der Waals surface area contributed by atoms with Gasteiger partial charge in [-0.3, -0.25) is 9.59 Å². The second-order valence-electron chi connectivity index (χ2n) is 6.43. The van der Waals surface area contributed by atoms with E-state index in [9.17, 15) is 22.8 Å². The molecule has 3 rings (SSSR count). The second-order valence-corrected chi connectivity index (χ2v) is 7.78. The van der Waals surface area contributed by atoms with Crippen LogP contribution in [0.5, 0.6) is 0 Å². The summed E-state index contributed by atoms with van der Waals surface area (Å²) in [5.41, 5.74) is -1.17. The van der Waals surface area contributed by atoms with E-state index in [0.29, 0.717) is 5.76 Å². The molecule has 0 spiro atoms. The van der Waals surface area contributed by atoms with Crippen LogP contribution in [-0.2, 0) is 15.8 Å². The van der Waals surface area contributed by atoms with Gasteiger partial charge >= 0.3 is 6.18 Å². The summed E-state index contributed by atoms with van der Waals surface area (Å²) in [5, 5.41) is 9.88. The lowest BCUT2D eigenvalue weighted by Gasteiger charge is -2.17. The third kappa shape index (κ3) is 5.53. The average molecular weight is 489 g/mol. The number of halogens is 4. The lowest BCUT2D eigenvalue weighted by molar-refractivity contribution is -0.137. The molecule has 2 aromatic heterocycles. The van der Waals surface area contributed by atoms with E-state index in [1.54, 1.807) is 12.1 Å². The van der Waals surface area contributed by atoms with Crippen LogP contribution in [0.4, 0.5) is 18.9 Å². The lowest BCUT2D eigenvalue weighted by Crippen LogP contribution is -2.36. The number of amides is 2. The van der Waals surface area contributed by atoms with Crippen LogP contribution in [0, 0.1) is 0 Å². The summed E-state index contributed by atoms with van der Waals surface area (Å²) in [6.45, 7) is -0.379. The van der Waals surface area contributed by atoms with Crippen molar-refractivity contribution in [3.8, 4) is 11.6 Å². The van der Waals surface area contributed by atoms with Crippen molar-refractivity contribution < 1.29 is 27.2 Å². The van der Waals surface area contributed by atoms with Crippen molar-refractivity contribution in [2.45, 2.75) is 11.3 Å². The van der Waals surface area contributed by atoms with Gasteiger partial charge in [-0.15, -0.1) is 10.2 Å². The highest BCUT2D eigenvalue weighted by atomic mass is 35.5. The Labute approximate surface area is 188 Å². The van der Waals surface area contributed by atoms with Crippen LogP contribution in [0.25, 0.3) is 11.6 Å². The van der Waals surface area contributed by atoms with E-state index in [2.05, 4.69) is 15.5 Å². The Balaban J connectivity index is 1.54. The molecule has 3 N–H and O–H groups in total. The molecule has 1 aromatic carbocycles. The maximum atomic E-state index is 12.9. The van der Waals surface area contributed by atoms with Gasteiger partial charge in [-0.25, -0.2) is 4.68 Å². The predicted octanol–water partition coefficient (Wildman–Crippen LogP) is 3.11. The van der Waals surface area contributed by atoms with E-state index in [0.717, 1.165) is 28.8 Å². The fraction of sp³-hybridized carbons (Fsp3) is 0.222. The molecule has 32 heavy (non-hydrogen) atoms. The van der Waals surface area contributed by atoms with Crippen molar-refractivity contribution in [3.63, 3.8) is 0 Å². The summed E-state index contributed by atoms with van der Waals surface area (Å²) in [6.07, 6.45) is -3.21. The molecule has 3 aromatic rings. The van der Waals surface area contributed by atoms with Gasteiger partial charge in [-0.1, -0.05) is 23.4 Å². The van der Waals surface area contributed by atoms with Gasteiger partial charge < -0.3 is 20.5 Å². The van der Waals surface area contributed by atoms with E-state index in [1.807, 2.05) is 0 Å². The van der Waals surface area contributed by atoms with Gasteiger partial charge in [0.1, 0.15) is 0 Å². The van der Waals surface area contributed by atoms with Crippen LogP contribution in [0.2, 0.25) is 5.02 Å². The highest BCUT2D eigenvalue weighted by Crippen LogP contribution is 2.36. The Hall–Kier alpha value is -3.19. The SMILES string of the molecule is CN(CC(=O)Nc1ccc(Cl)c(C(F)(F)F)c1)C(=O)CSc1nnc(-c2ccco2)n1N. The number of nitrogens with two attached hydrogens (primary N) is 1. The fourth-order valence-electron chi connectivity index (χ4n) is 2.51. The Morgan fingerprint density at radius 2 is 2.06 bits per heavy atom. The van der Waals surface area contributed by atoms with Crippen molar-refractivity contribution in [2.75, 3.05) is 30.5 Å². The number of aromatic nitrogens is 3. The van der Waals surface area contributed by atoms with Crippen molar-refractivity contribution in [1.82, 2.24) is 19.8 Å². The molecule has 0 aliphatic rings. The molecule has 0 unspecified atom stereocenters. The smallest absolute Gasteiger partial charge is 0.417 e. The van der Waals surface area contributed by atoms with Crippen LogP contribution in [0.1, 0.15) is 5.56 Å². The third-order valence-electron chi connectivity index (χ3n) is 4.09. The number of hydrogen-bond acceptors (Lipinski definition) is 7. The minimum atomic E-state index is -4.66. The van der Waals surface area contributed by atoms with Crippen LogP contribution in [0.15, 0.2) is 46.2 Å². The monoisotopic (exact) mass is 488 g/mol. The first kappa shape index (κ1) is 23.5. The number of nitrogens with one attached hydrogen (secondary N) is 1. The molecule has 0 radical (unpaired) electrons. The molecular formula is C18H16ClF3N6O3S. The van der Waals surface area contributed by atoms with Crippen molar-refractivity contribution in [3.05, 3.63) is 47.2 Å². The summed E-state index contributed by atoms with van der Waals surface area (Å²) in [5.74, 6) is 5.38. The van der Waals surface area contributed by atoms with Gasteiger partial charge in [-0.2, -0.15) is 13.2 Å². The summed E-state index contributed by atoms with van der Waals surface area (Å²) in [6, 6.07) is 6.30. The number of nitrogens with zero attached hydrogens (tertiary/aromatic N) is 4. The molecule has 2 amide bonds. The molecule has 0 aliphatic heterocycles. The standard InChI is InChI=1S/C18H16ClF3N6O3S/c1-27(8-14(29)24-10-4-5-12(19)11(7-10)18(20,21)22)15(30)9-32-17-26-25-16(28(17)23)13-3-2-6-31-13/h2-7H,8-9,23H2,1H3,(H,24,29). The van der Waals surface area contributed by atoms with Gasteiger partial charge in [0.2, 0.25) is 22.8 Å². The van der Waals surface area contributed by atoms with E-state index in [4.69, 9.17) is 21.9 Å². The normalized spacial score (nSPS) is 11.4. The minimum Gasteiger partial charge on any atom is -0.461 e. The van der Waals surface area contributed by atoms with Crippen molar-refractivity contribution in [1.29, 1.82) is 0 Å². The van der Waals surface area contributed by atoms with Gasteiger partial charge in [0.15, 0.2) is 5.76 Å². The zero-order chi connectivity index (χ0) is 23.5. The Kier molecular flexibility index (Phi) is 6.99. The van der Waals surface area contributed by atoms with Crippen LogP contribution >= 0.6 is 23.4 Å². The molecule has 14 heteroatoms. The topological polar surface area (TPSA) is 119 Å². The van der Waals surface area contributed by atoms with E-state index in [-0.39, 0.29) is 29.0 Å². The number of thioether (sulfide) groups is 1. The highest BCUT2D eigenvalue weighted by molar-refractivity contribution is 7.99. The van der Waals surface area contributed by atoms with E-state index >= 15 is 0 Å². The minimum absolute atomic E-state index is 0.0939. The number of benzene rings is 1. The van der Waals surface area contributed by atoms with Crippen LogP contribution in [0.3, 0.4) is 0 Å². The third-order valence-corrected chi connectivity index (χ3v) is 5.35. The lowest BCUT2D eigenvalue weighted by atomic mass is 10.2. The molecule has 0 fully saturated rings. The molecule has 2 heterocycles. The largest absolute Gasteiger partial charge is 0.461 e. The van der Waals surface area contributed by atoms with Gasteiger partial charge in [-0.05, 0) is 30.3 Å². The molecule has 170 valence electrons.